The van der Waals surface area contributed by atoms with Gasteiger partial charge in [-0.1, -0.05) is 18.2 Å². The number of hydrogen-bond donors (Lipinski definition) is 3. The second kappa shape index (κ2) is 4.24. The highest BCUT2D eigenvalue weighted by atomic mass is 16.3. The number of benzene rings is 2. The highest BCUT2D eigenvalue weighted by Gasteiger charge is 2.05. The Kier molecular flexibility index (Phi) is 2.79. The molecule has 0 fully saturated rings. The van der Waals surface area contributed by atoms with Crippen LogP contribution in [0, 0.1) is 0 Å². The monoisotopic (exact) mass is 215 g/mol. The van der Waals surface area contributed by atoms with Crippen LogP contribution in [0.3, 0.4) is 0 Å². The summed E-state index contributed by atoms with van der Waals surface area (Å²) in [7, 11) is 0. The number of hydrogen-bond acceptors (Lipinski definition) is 3. The second-order valence-electron chi connectivity index (χ2n) is 3.60. The molecule has 82 valence electrons. The van der Waals surface area contributed by atoms with Gasteiger partial charge >= 0.3 is 0 Å². The van der Waals surface area contributed by atoms with Crippen LogP contribution in [-0.4, -0.2) is 10.2 Å². The maximum Gasteiger partial charge on any atom is 0.123 e. The van der Waals surface area contributed by atoms with Crippen molar-refractivity contribution in [1.29, 1.82) is 0 Å². The number of phenolic OH excluding ortho intramolecular Hbond substituents is 2. The standard InChI is InChI=1S/C13H13NO2/c14-8-9-1-6-13(16)12(7-9)10-2-4-11(15)5-3-10/h1-7,15-16H,8,14H2. The van der Waals surface area contributed by atoms with Crippen molar-refractivity contribution in [3.63, 3.8) is 0 Å². The third kappa shape index (κ3) is 1.99. The average Bonchev–Trinajstić information content (AvgIpc) is 2.31. The lowest BCUT2D eigenvalue weighted by molar-refractivity contribution is 0.474. The van der Waals surface area contributed by atoms with Gasteiger partial charge in [0, 0.05) is 12.1 Å². The van der Waals surface area contributed by atoms with Crippen LogP contribution in [0.4, 0.5) is 0 Å². The van der Waals surface area contributed by atoms with Crippen molar-refractivity contribution in [2.24, 2.45) is 5.73 Å². The molecule has 3 heteroatoms. The molecule has 0 radical (unpaired) electrons. The first-order valence-corrected chi connectivity index (χ1v) is 5.02. The zero-order chi connectivity index (χ0) is 11.5. The molecule has 0 amide bonds. The van der Waals surface area contributed by atoms with Crippen molar-refractivity contribution < 1.29 is 10.2 Å². The van der Waals surface area contributed by atoms with Crippen molar-refractivity contribution in [2.45, 2.75) is 6.54 Å². The summed E-state index contributed by atoms with van der Waals surface area (Å²) < 4.78 is 0. The topological polar surface area (TPSA) is 66.5 Å². The molecule has 0 aromatic heterocycles. The molecule has 0 aliphatic rings. The number of phenols is 2. The van der Waals surface area contributed by atoms with E-state index in [0.717, 1.165) is 16.7 Å². The normalized spacial score (nSPS) is 10.3. The van der Waals surface area contributed by atoms with E-state index in [1.165, 1.54) is 0 Å². The maximum atomic E-state index is 9.75. The van der Waals surface area contributed by atoms with Crippen molar-refractivity contribution in [3.05, 3.63) is 48.0 Å². The summed E-state index contributed by atoms with van der Waals surface area (Å²) in [5, 5.41) is 18.9. The van der Waals surface area contributed by atoms with Crippen molar-refractivity contribution in [2.75, 3.05) is 0 Å². The van der Waals surface area contributed by atoms with Crippen LogP contribution in [0.5, 0.6) is 11.5 Å². The second-order valence-corrected chi connectivity index (χ2v) is 3.60. The summed E-state index contributed by atoms with van der Waals surface area (Å²) in [6.45, 7) is 0.436. The first-order valence-electron chi connectivity index (χ1n) is 5.02. The lowest BCUT2D eigenvalue weighted by atomic mass is 10.0. The van der Waals surface area contributed by atoms with Gasteiger partial charge in [0.15, 0.2) is 0 Å². The van der Waals surface area contributed by atoms with Crippen molar-refractivity contribution >= 4 is 0 Å². The summed E-state index contributed by atoms with van der Waals surface area (Å²) in [5.41, 5.74) is 8.09. The Labute approximate surface area is 93.8 Å². The Morgan fingerprint density at radius 3 is 2.25 bits per heavy atom. The zero-order valence-electron chi connectivity index (χ0n) is 8.72. The van der Waals surface area contributed by atoms with E-state index < -0.39 is 0 Å². The van der Waals surface area contributed by atoms with Crippen molar-refractivity contribution in [3.8, 4) is 22.6 Å². The fraction of sp³-hybridized carbons (Fsp3) is 0.0769. The molecule has 0 bridgehead atoms. The first-order chi connectivity index (χ1) is 7.70. The van der Waals surface area contributed by atoms with E-state index >= 15 is 0 Å². The molecule has 2 rings (SSSR count). The average molecular weight is 215 g/mol. The minimum Gasteiger partial charge on any atom is -0.508 e. The number of rotatable bonds is 2. The van der Waals surface area contributed by atoms with Crippen LogP contribution < -0.4 is 5.73 Å². The van der Waals surface area contributed by atoms with Gasteiger partial charge in [-0.25, -0.2) is 0 Å². The smallest absolute Gasteiger partial charge is 0.123 e. The molecule has 0 saturated carbocycles. The lowest BCUT2D eigenvalue weighted by Gasteiger charge is -2.07. The molecule has 0 aliphatic carbocycles. The summed E-state index contributed by atoms with van der Waals surface area (Å²) >= 11 is 0. The Hall–Kier alpha value is -2.00. The van der Waals surface area contributed by atoms with Gasteiger partial charge in [-0.15, -0.1) is 0 Å². The highest BCUT2D eigenvalue weighted by molar-refractivity contribution is 5.71. The van der Waals surface area contributed by atoms with E-state index in [4.69, 9.17) is 5.73 Å². The van der Waals surface area contributed by atoms with Gasteiger partial charge in [0.2, 0.25) is 0 Å². The van der Waals surface area contributed by atoms with E-state index in [0.29, 0.717) is 6.54 Å². The highest BCUT2D eigenvalue weighted by Crippen LogP contribution is 2.30. The number of aromatic hydroxyl groups is 2. The van der Waals surface area contributed by atoms with E-state index in [1.54, 1.807) is 36.4 Å². The Bertz CT molecular complexity index is 492. The quantitative estimate of drug-likeness (QED) is 0.719. The first kappa shape index (κ1) is 10.5. The SMILES string of the molecule is NCc1ccc(O)c(-c2ccc(O)cc2)c1. The Morgan fingerprint density at radius 2 is 1.62 bits per heavy atom. The summed E-state index contributed by atoms with van der Waals surface area (Å²) in [6, 6.07) is 12.0. The molecule has 0 heterocycles. The minimum atomic E-state index is 0.207. The molecular weight excluding hydrogens is 202 g/mol. The largest absolute Gasteiger partial charge is 0.508 e. The van der Waals surface area contributed by atoms with Crippen LogP contribution in [0.2, 0.25) is 0 Å². The van der Waals surface area contributed by atoms with E-state index in [1.807, 2.05) is 6.07 Å². The van der Waals surface area contributed by atoms with Gasteiger partial charge < -0.3 is 15.9 Å². The van der Waals surface area contributed by atoms with Gasteiger partial charge in [-0.05, 0) is 35.4 Å². The minimum absolute atomic E-state index is 0.207. The molecule has 0 saturated heterocycles. The Morgan fingerprint density at radius 1 is 0.938 bits per heavy atom. The Balaban J connectivity index is 2.50. The van der Waals surface area contributed by atoms with Crippen LogP contribution >= 0.6 is 0 Å². The number of nitrogens with two attached hydrogens (primary N) is 1. The lowest BCUT2D eigenvalue weighted by Crippen LogP contribution is -1.96. The van der Waals surface area contributed by atoms with Crippen molar-refractivity contribution in [1.82, 2.24) is 0 Å². The van der Waals surface area contributed by atoms with Gasteiger partial charge in [-0.2, -0.15) is 0 Å². The van der Waals surface area contributed by atoms with Gasteiger partial charge in [0.1, 0.15) is 11.5 Å². The molecule has 0 unspecified atom stereocenters. The van der Waals surface area contributed by atoms with E-state index in [2.05, 4.69) is 0 Å². The van der Waals surface area contributed by atoms with Gasteiger partial charge in [0.05, 0.1) is 0 Å². The molecule has 2 aromatic carbocycles. The fourth-order valence-electron chi connectivity index (χ4n) is 1.58. The summed E-state index contributed by atoms with van der Waals surface area (Å²) in [6.07, 6.45) is 0. The molecule has 4 N–H and O–H groups in total. The summed E-state index contributed by atoms with van der Waals surface area (Å²) in [4.78, 5) is 0. The molecule has 16 heavy (non-hydrogen) atoms. The summed E-state index contributed by atoms with van der Waals surface area (Å²) in [5.74, 6) is 0.418. The predicted molar refractivity (Wildman–Crippen MR) is 63.1 cm³/mol. The van der Waals surface area contributed by atoms with Crippen LogP contribution in [0.25, 0.3) is 11.1 Å². The molecule has 0 aliphatic heterocycles. The van der Waals surface area contributed by atoms with Crippen LogP contribution in [-0.2, 0) is 6.54 Å². The molecule has 2 aromatic rings. The molecule has 3 nitrogen and oxygen atoms in total. The molecule has 0 spiro atoms. The van der Waals surface area contributed by atoms with E-state index in [9.17, 15) is 10.2 Å². The molecule has 0 atom stereocenters. The maximum absolute atomic E-state index is 9.75. The van der Waals surface area contributed by atoms with E-state index in [-0.39, 0.29) is 11.5 Å². The van der Waals surface area contributed by atoms with Crippen LogP contribution in [0.15, 0.2) is 42.5 Å². The predicted octanol–water partition coefficient (Wildman–Crippen LogP) is 2.22. The fourth-order valence-corrected chi connectivity index (χ4v) is 1.58. The van der Waals surface area contributed by atoms with Gasteiger partial charge in [-0.3, -0.25) is 0 Å². The van der Waals surface area contributed by atoms with Crippen LogP contribution in [0.1, 0.15) is 5.56 Å². The third-order valence-corrected chi connectivity index (χ3v) is 2.47. The zero-order valence-corrected chi connectivity index (χ0v) is 8.72. The molecular formula is C13H13NO2. The van der Waals surface area contributed by atoms with Gasteiger partial charge in [0.25, 0.3) is 0 Å². The third-order valence-electron chi connectivity index (χ3n) is 2.47.